The average molecular weight is 199 g/mol. The van der Waals surface area contributed by atoms with Crippen LogP contribution in [0.25, 0.3) is 0 Å². The lowest BCUT2D eigenvalue weighted by atomic mass is 10.1. The van der Waals surface area contributed by atoms with E-state index in [1.165, 1.54) is 4.90 Å². The van der Waals surface area contributed by atoms with Crippen molar-refractivity contribution in [1.82, 2.24) is 15.1 Å². The van der Waals surface area contributed by atoms with Crippen LogP contribution in [0.5, 0.6) is 0 Å². The van der Waals surface area contributed by atoms with E-state index in [0.717, 1.165) is 0 Å². The molecule has 0 radical (unpaired) electrons. The Morgan fingerprint density at radius 1 is 1.36 bits per heavy atom. The summed E-state index contributed by atoms with van der Waals surface area (Å²) in [7, 11) is 3.81. The third-order valence-electron chi connectivity index (χ3n) is 2.22. The van der Waals surface area contributed by atoms with Crippen molar-refractivity contribution in [2.24, 2.45) is 0 Å². The van der Waals surface area contributed by atoms with Gasteiger partial charge in [-0.1, -0.05) is 0 Å². The summed E-state index contributed by atoms with van der Waals surface area (Å²) in [5.41, 5.74) is -0.747. The third-order valence-corrected chi connectivity index (χ3v) is 2.22. The van der Waals surface area contributed by atoms with Crippen molar-refractivity contribution in [2.75, 3.05) is 27.2 Å². The molecule has 5 heteroatoms. The van der Waals surface area contributed by atoms with E-state index in [9.17, 15) is 9.59 Å². The fraction of sp³-hybridized carbons (Fsp3) is 0.778. The van der Waals surface area contributed by atoms with Crippen LogP contribution in [0.4, 0.5) is 4.79 Å². The second-order valence-electron chi connectivity index (χ2n) is 4.32. The first-order valence-electron chi connectivity index (χ1n) is 4.63. The first-order chi connectivity index (χ1) is 6.34. The number of hydrogen-bond acceptors (Lipinski definition) is 3. The lowest BCUT2D eigenvalue weighted by molar-refractivity contribution is -0.130. The number of carbonyl (C=O) groups is 2. The number of urea groups is 1. The van der Waals surface area contributed by atoms with Crippen LogP contribution < -0.4 is 5.32 Å². The summed E-state index contributed by atoms with van der Waals surface area (Å²) in [6.07, 6.45) is 0. The smallest absolute Gasteiger partial charge is 0.324 e. The number of nitrogens with zero attached hydrogens (tertiary/aromatic N) is 2. The van der Waals surface area contributed by atoms with Gasteiger partial charge in [0.25, 0.3) is 5.91 Å². The van der Waals surface area contributed by atoms with Gasteiger partial charge in [-0.15, -0.1) is 0 Å². The number of nitrogens with one attached hydrogen (secondary N) is 1. The van der Waals surface area contributed by atoms with Crippen molar-refractivity contribution in [3.63, 3.8) is 0 Å². The molecule has 1 aliphatic rings. The Morgan fingerprint density at radius 2 is 1.93 bits per heavy atom. The number of likely N-dealkylation sites (N-methyl/N-ethyl adjacent to an activating group) is 1. The van der Waals surface area contributed by atoms with Crippen molar-refractivity contribution < 1.29 is 9.59 Å². The molecule has 0 unspecified atom stereocenters. The topological polar surface area (TPSA) is 52.6 Å². The first kappa shape index (κ1) is 11.0. The molecule has 0 saturated carbocycles. The van der Waals surface area contributed by atoms with E-state index in [0.29, 0.717) is 13.1 Å². The number of rotatable bonds is 3. The lowest BCUT2D eigenvalue weighted by Crippen LogP contribution is -2.41. The highest BCUT2D eigenvalue weighted by Crippen LogP contribution is 2.15. The summed E-state index contributed by atoms with van der Waals surface area (Å²) in [5, 5.41) is 2.64. The van der Waals surface area contributed by atoms with Crippen LogP contribution in [-0.2, 0) is 4.79 Å². The van der Waals surface area contributed by atoms with E-state index >= 15 is 0 Å². The first-order valence-corrected chi connectivity index (χ1v) is 4.63. The van der Waals surface area contributed by atoms with E-state index in [-0.39, 0.29) is 11.9 Å². The van der Waals surface area contributed by atoms with Crippen LogP contribution in [0.3, 0.4) is 0 Å². The van der Waals surface area contributed by atoms with Crippen molar-refractivity contribution in [3.8, 4) is 0 Å². The van der Waals surface area contributed by atoms with Crippen molar-refractivity contribution in [3.05, 3.63) is 0 Å². The number of amides is 3. The average Bonchev–Trinajstić information content (AvgIpc) is 2.19. The fourth-order valence-corrected chi connectivity index (χ4v) is 1.32. The molecule has 80 valence electrons. The van der Waals surface area contributed by atoms with Gasteiger partial charge >= 0.3 is 6.03 Å². The lowest BCUT2D eigenvalue weighted by Gasteiger charge is -2.17. The maximum absolute atomic E-state index is 11.7. The summed E-state index contributed by atoms with van der Waals surface area (Å²) in [6.45, 7) is 4.56. The van der Waals surface area contributed by atoms with Gasteiger partial charge in [-0.3, -0.25) is 9.69 Å². The van der Waals surface area contributed by atoms with Gasteiger partial charge in [-0.05, 0) is 27.9 Å². The maximum Gasteiger partial charge on any atom is 0.325 e. The molecule has 0 aromatic heterocycles. The van der Waals surface area contributed by atoms with Gasteiger partial charge in [0.05, 0.1) is 0 Å². The van der Waals surface area contributed by atoms with E-state index in [1.807, 2.05) is 19.0 Å². The van der Waals surface area contributed by atoms with Gasteiger partial charge in [-0.25, -0.2) is 4.79 Å². The fourth-order valence-electron chi connectivity index (χ4n) is 1.32. The highest BCUT2D eigenvalue weighted by Gasteiger charge is 2.43. The SMILES string of the molecule is CN(C)CCN1C(=O)NC(C)(C)C1=O. The second-order valence-corrected chi connectivity index (χ2v) is 4.32. The molecule has 1 rings (SSSR count). The molecule has 0 aliphatic carbocycles. The Morgan fingerprint density at radius 3 is 2.29 bits per heavy atom. The van der Waals surface area contributed by atoms with Gasteiger partial charge in [0.2, 0.25) is 0 Å². The molecule has 1 N–H and O–H groups in total. The van der Waals surface area contributed by atoms with Gasteiger partial charge in [-0.2, -0.15) is 0 Å². The predicted molar refractivity (Wildman–Crippen MR) is 52.9 cm³/mol. The number of hydrogen-bond donors (Lipinski definition) is 1. The van der Waals surface area contributed by atoms with Gasteiger partial charge in [0.15, 0.2) is 0 Å². The molecule has 0 spiro atoms. The highest BCUT2D eigenvalue weighted by molar-refractivity contribution is 6.06. The van der Waals surface area contributed by atoms with Crippen LogP contribution in [0.15, 0.2) is 0 Å². The number of imide groups is 1. The molecular formula is C9H17N3O2. The zero-order valence-corrected chi connectivity index (χ0v) is 9.13. The quantitative estimate of drug-likeness (QED) is 0.645. The van der Waals surface area contributed by atoms with Crippen molar-refractivity contribution in [2.45, 2.75) is 19.4 Å². The van der Waals surface area contributed by atoms with Crippen molar-refractivity contribution in [1.29, 1.82) is 0 Å². The van der Waals surface area contributed by atoms with Crippen LogP contribution in [0.1, 0.15) is 13.8 Å². The van der Waals surface area contributed by atoms with E-state index in [1.54, 1.807) is 13.8 Å². The van der Waals surface area contributed by atoms with Crippen LogP contribution in [-0.4, -0.2) is 54.5 Å². The number of carbonyl (C=O) groups excluding carboxylic acids is 2. The molecule has 0 aromatic rings. The summed E-state index contributed by atoms with van der Waals surface area (Å²) in [4.78, 5) is 26.3. The molecule has 1 heterocycles. The normalized spacial score (nSPS) is 20.5. The Balaban J connectivity index is 2.62. The zero-order chi connectivity index (χ0) is 10.9. The summed E-state index contributed by atoms with van der Waals surface area (Å²) < 4.78 is 0. The molecule has 5 nitrogen and oxygen atoms in total. The minimum atomic E-state index is -0.747. The largest absolute Gasteiger partial charge is 0.325 e. The minimum Gasteiger partial charge on any atom is -0.324 e. The Hall–Kier alpha value is -1.10. The van der Waals surface area contributed by atoms with Crippen LogP contribution >= 0.6 is 0 Å². The summed E-state index contributed by atoms with van der Waals surface area (Å²) in [5.74, 6) is -0.149. The van der Waals surface area contributed by atoms with Crippen LogP contribution in [0.2, 0.25) is 0 Å². The molecule has 0 atom stereocenters. The monoisotopic (exact) mass is 199 g/mol. The molecule has 1 saturated heterocycles. The second kappa shape index (κ2) is 3.57. The van der Waals surface area contributed by atoms with E-state index in [4.69, 9.17) is 0 Å². The van der Waals surface area contributed by atoms with E-state index in [2.05, 4.69) is 5.32 Å². The molecule has 0 aromatic carbocycles. The van der Waals surface area contributed by atoms with Crippen molar-refractivity contribution >= 4 is 11.9 Å². The molecule has 1 fully saturated rings. The maximum atomic E-state index is 11.7. The molecule has 3 amide bonds. The molecular weight excluding hydrogens is 182 g/mol. The molecule has 1 aliphatic heterocycles. The van der Waals surface area contributed by atoms with Gasteiger partial charge in [0.1, 0.15) is 5.54 Å². The standard InChI is InChI=1S/C9H17N3O2/c1-9(2)7(13)12(8(14)10-9)6-5-11(3)4/h5-6H2,1-4H3,(H,10,14). The van der Waals surface area contributed by atoms with Gasteiger partial charge < -0.3 is 10.2 Å². The third kappa shape index (κ3) is 2.04. The Bertz CT molecular complexity index is 261. The van der Waals surface area contributed by atoms with Crippen LogP contribution in [0, 0.1) is 0 Å². The summed E-state index contributed by atoms with van der Waals surface area (Å²) in [6, 6.07) is -0.290. The Labute approximate surface area is 84.0 Å². The van der Waals surface area contributed by atoms with E-state index < -0.39 is 5.54 Å². The highest BCUT2D eigenvalue weighted by atomic mass is 16.2. The zero-order valence-electron chi connectivity index (χ0n) is 9.13. The summed E-state index contributed by atoms with van der Waals surface area (Å²) >= 11 is 0. The molecule has 0 bridgehead atoms. The molecule has 14 heavy (non-hydrogen) atoms. The Kier molecular flexibility index (Phi) is 2.80. The predicted octanol–water partition coefficient (Wildman–Crippen LogP) is -0.122. The minimum absolute atomic E-state index is 0.149. The van der Waals surface area contributed by atoms with Gasteiger partial charge in [0, 0.05) is 13.1 Å².